The fourth-order valence-corrected chi connectivity index (χ4v) is 2.86. The van der Waals surface area contributed by atoms with Gasteiger partial charge in [0.1, 0.15) is 5.75 Å². The SMILES string of the molecule is COC(=O)C1CCN(c2ccc(OC)cc2)C1(C)C. The van der Waals surface area contributed by atoms with Crippen molar-refractivity contribution in [3.8, 4) is 5.75 Å². The van der Waals surface area contributed by atoms with Crippen LogP contribution in [0, 0.1) is 5.92 Å². The molecule has 0 saturated carbocycles. The molecule has 1 heterocycles. The van der Waals surface area contributed by atoms with Crippen molar-refractivity contribution in [2.24, 2.45) is 5.92 Å². The molecule has 1 unspecified atom stereocenters. The van der Waals surface area contributed by atoms with Gasteiger partial charge < -0.3 is 14.4 Å². The minimum Gasteiger partial charge on any atom is -0.497 e. The third kappa shape index (κ3) is 2.39. The van der Waals surface area contributed by atoms with Gasteiger partial charge in [-0.3, -0.25) is 4.79 Å². The topological polar surface area (TPSA) is 38.8 Å². The number of esters is 1. The molecule has 0 bridgehead atoms. The standard InChI is InChI=1S/C15H21NO3/c1-15(2)13(14(17)19-4)9-10-16(15)11-5-7-12(18-3)8-6-11/h5-8,13H,9-10H2,1-4H3. The lowest BCUT2D eigenvalue weighted by molar-refractivity contribution is -0.146. The maximum absolute atomic E-state index is 11.8. The van der Waals surface area contributed by atoms with Gasteiger partial charge in [0.15, 0.2) is 0 Å². The molecule has 0 spiro atoms. The van der Waals surface area contributed by atoms with Crippen molar-refractivity contribution in [2.75, 3.05) is 25.7 Å². The summed E-state index contributed by atoms with van der Waals surface area (Å²) in [6.07, 6.45) is 0.825. The number of carbonyl (C=O) groups is 1. The van der Waals surface area contributed by atoms with Crippen LogP contribution in [-0.4, -0.2) is 32.3 Å². The number of methoxy groups -OCH3 is 2. The van der Waals surface area contributed by atoms with Gasteiger partial charge in [0.05, 0.1) is 20.1 Å². The summed E-state index contributed by atoms with van der Waals surface area (Å²) < 4.78 is 10.1. The predicted octanol–water partition coefficient (Wildman–Crippen LogP) is 2.47. The highest BCUT2D eigenvalue weighted by Gasteiger charge is 2.45. The zero-order chi connectivity index (χ0) is 14.0. The molecule has 104 valence electrons. The highest BCUT2D eigenvalue weighted by molar-refractivity contribution is 5.76. The van der Waals surface area contributed by atoms with Crippen molar-refractivity contribution in [3.63, 3.8) is 0 Å². The molecule has 0 aromatic heterocycles. The lowest BCUT2D eigenvalue weighted by atomic mass is 9.88. The Balaban J connectivity index is 2.23. The molecular formula is C15H21NO3. The summed E-state index contributed by atoms with van der Waals surface area (Å²) in [4.78, 5) is 14.1. The number of ether oxygens (including phenoxy) is 2. The molecule has 0 radical (unpaired) electrons. The average molecular weight is 263 g/mol. The van der Waals surface area contributed by atoms with E-state index in [9.17, 15) is 4.79 Å². The van der Waals surface area contributed by atoms with Crippen LogP contribution in [0.3, 0.4) is 0 Å². The summed E-state index contributed by atoms with van der Waals surface area (Å²) >= 11 is 0. The van der Waals surface area contributed by atoms with E-state index in [4.69, 9.17) is 9.47 Å². The number of anilines is 1. The Morgan fingerprint density at radius 1 is 1.26 bits per heavy atom. The molecule has 4 nitrogen and oxygen atoms in total. The van der Waals surface area contributed by atoms with Gasteiger partial charge >= 0.3 is 5.97 Å². The van der Waals surface area contributed by atoms with Gasteiger partial charge in [-0.2, -0.15) is 0 Å². The van der Waals surface area contributed by atoms with E-state index < -0.39 is 0 Å². The number of rotatable bonds is 3. The molecule has 1 aliphatic rings. The number of hydrogen-bond acceptors (Lipinski definition) is 4. The lowest BCUT2D eigenvalue weighted by Crippen LogP contribution is -2.45. The van der Waals surface area contributed by atoms with E-state index in [0.29, 0.717) is 0 Å². The van der Waals surface area contributed by atoms with E-state index >= 15 is 0 Å². The first-order valence-electron chi connectivity index (χ1n) is 6.50. The molecule has 4 heteroatoms. The number of nitrogens with zero attached hydrogens (tertiary/aromatic N) is 1. The third-order valence-electron chi connectivity index (χ3n) is 4.06. The van der Waals surface area contributed by atoms with Crippen molar-refractivity contribution < 1.29 is 14.3 Å². The monoisotopic (exact) mass is 263 g/mol. The van der Waals surface area contributed by atoms with Crippen molar-refractivity contribution in [1.29, 1.82) is 0 Å². The van der Waals surface area contributed by atoms with Gasteiger partial charge in [-0.05, 0) is 44.5 Å². The fourth-order valence-electron chi connectivity index (χ4n) is 2.86. The van der Waals surface area contributed by atoms with E-state index in [0.717, 1.165) is 24.4 Å². The molecule has 1 aliphatic heterocycles. The van der Waals surface area contributed by atoms with Crippen LogP contribution in [-0.2, 0) is 9.53 Å². The highest BCUT2D eigenvalue weighted by atomic mass is 16.5. The van der Waals surface area contributed by atoms with Crippen LogP contribution < -0.4 is 9.64 Å². The molecular weight excluding hydrogens is 242 g/mol. The van der Waals surface area contributed by atoms with E-state index in [1.165, 1.54) is 7.11 Å². The van der Waals surface area contributed by atoms with Gasteiger partial charge in [0.25, 0.3) is 0 Å². The second-order valence-corrected chi connectivity index (χ2v) is 5.37. The summed E-state index contributed by atoms with van der Waals surface area (Å²) in [6.45, 7) is 5.04. The number of carbonyl (C=O) groups excluding carboxylic acids is 1. The fraction of sp³-hybridized carbons (Fsp3) is 0.533. The second-order valence-electron chi connectivity index (χ2n) is 5.37. The van der Waals surface area contributed by atoms with Crippen LogP contribution in [0.4, 0.5) is 5.69 Å². The Morgan fingerprint density at radius 2 is 1.89 bits per heavy atom. The Hall–Kier alpha value is -1.71. The van der Waals surface area contributed by atoms with E-state index in [-0.39, 0.29) is 17.4 Å². The molecule has 1 aromatic carbocycles. The first-order chi connectivity index (χ1) is 9.00. The second kappa shape index (κ2) is 5.11. The molecule has 2 rings (SSSR count). The molecule has 1 atom stereocenters. The van der Waals surface area contributed by atoms with Crippen molar-refractivity contribution >= 4 is 11.7 Å². The van der Waals surface area contributed by atoms with Crippen LogP contribution in [0.2, 0.25) is 0 Å². The number of benzene rings is 1. The summed E-state index contributed by atoms with van der Waals surface area (Å²) in [6, 6.07) is 7.94. The van der Waals surface area contributed by atoms with Crippen molar-refractivity contribution in [1.82, 2.24) is 0 Å². The third-order valence-corrected chi connectivity index (χ3v) is 4.06. The molecule has 1 fully saturated rings. The Bertz CT molecular complexity index is 453. The largest absolute Gasteiger partial charge is 0.497 e. The smallest absolute Gasteiger partial charge is 0.311 e. The van der Waals surface area contributed by atoms with Crippen molar-refractivity contribution in [2.45, 2.75) is 25.8 Å². The first-order valence-corrected chi connectivity index (χ1v) is 6.50. The zero-order valence-corrected chi connectivity index (χ0v) is 12.0. The Labute approximate surface area is 114 Å². The summed E-state index contributed by atoms with van der Waals surface area (Å²) in [7, 11) is 3.11. The molecule has 1 aromatic rings. The lowest BCUT2D eigenvalue weighted by Gasteiger charge is -2.36. The Morgan fingerprint density at radius 3 is 2.42 bits per heavy atom. The van der Waals surface area contributed by atoms with E-state index in [1.54, 1.807) is 7.11 Å². The van der Waals surface area contributed by atoms with E-state index in [2.05, 4.69) is 18.7 Å². The maximum atomic E-state index is 11.8. The summed E-state index contributed by atoms with van der Waals surface area (Å²) in [5, 5.41) is 0. The van der Waals surface area contributed by atoms with Gasteiger partial charge in [0, 0.05) is 17.8 Å². The molecule has 19 heavy (non-hydrogen) atoms. The van der Waals surface area contributed by atoms with Gasteiger partial charge in [-0.1, -0.05) is 0 Å². The zero-order valence-electron chi connectivity index (χ0n) is 12.0. The summed E-state index contributed by atoms with van der Waals surface area (Å²) in [5.41, 5.74) is 0.874. The Kier molecular flexibility index (Phi) is 3.69. The van der Waals surface area contributed by atoms with Gasteiger partial charge in [-0.15, -0.1) is 0 Å². The molecule has 0 aliphatic carbocycles. The quantitative estimate of drug-likeness (QED) is 0.785. The summed E-state index contributed by atoms with van der Waals surface area (Å²) in [5.74, 6) is 0.630. The van der Waals surface area contributed by atoms with Crippen LogP contribution in [0.1, 0.15) is 20.3 Å². The molecule has 0 amide bonds. The van der Waals surface area contributed by atoms with Crippen LogP contribution in [0.5, 0.6) is 5.75 Å². The highest BCUT2D eigenvalue weighted by Crippen LogP contribution is 2.39. The van der Waals surface area contributed by atoms with Gasteiger partial charge in [0.2, 0.25) is 0 Å². The normalized spacial score (nSPS) is 21.3. The van der Waals surface area contributed by atoms with Gasteiger partial charge in [-0.25, -0.2) is 0 Å². The van der Waals surface area contributed by atoms with E-state index in [1.807, 2.05) is 24.3 Å². The predicted molar refractivity (Wildman–Crippen MR) is 74.5 cm³/mol. The minimum atomic E-state index is -0.234. The number of hydrogen-bond donors (Lipinski definition) is 0. The minimum absolute atomic E-state index is 0.0837. The molecule has 1 saturated heterocycles. The van der Waals surface area contributed by atoms with Crippen LogP contribution >= 0.6 is 0 Å². The average Bonchev–Trinajstić information content (AvgIpc) is 2.73. The van der Waals surface area contributed by atoms with Crippen LogP contribution in [0.25, 0.3) is 0 Å². The maximum Gasteiger partial charge on any atom is 0.311 e. The first kappa shape index (κ1) is 13.7. The van der Waals surface area contributed by atoms with Crippen molar-refractivity contribution in [3.05, 3.63) is 24.3 Å². The van der Waals surface area contributed by atoms with Crippen LogP contribution in [0.15, 0.2) is 24.3 Å². The molecule has 0 N–H and O–H groups in total.